The smallest absolute Gasteiger partial charge is 0.337 e. The Hall–Kier alpha value is -3.07. The Labute approximate surface area is 166 Å². The van der Waals surface area contributed by atoms with Crippen molar-refractivity contribution in [2.45, 2.75) is 24.8 Å². The van der Waals surface area contributed by atoms with Gasteiger partial charge in [0.2, 0.25) is 0 Å². The first kappa shape index (κ1) is 18.3. The minimum absolute atomic E-state index is 0.0526. The van der Waals surface area contributed by atoms with Crippen LogP contribution in [0.15, 0.2) is 84.9 Å². The van der Waals surface area contributed by atoms with E-state index < -0.39 is 0 Å². The van der Waals surface area contributed by atoms with Gasteiger partial charge in [-0.1, -0.05) is 60.7 Å². The summed E-state index contributed by atoms with van der Waals surface area (Å²) in [5.41, 5.74) is 4.36. The van der Waals surface area contributed by atoms with E-state index in [4.69, 9.17) is 4.74 Å². The quantitative estimate of drug-likeness (QED) is 0.601. The lowest BCUT2D eigenvalue weighted by Gasteiger charge is -2.31. The van der Waals surface area contributed by atoms with E-state index in [0.29, 0.717) is 11.6 Å². The number of hydrogen-bond acceptors (Lipinski definition) is 3. The average molecular weight is 371 g/mol. The molecular formula is C25H25NO2. The van der Waals surface area contributed by atoms with Crippen molar-refractivity contribution < 1.29 is 9.53 Å². The van der Waals surface area contributed by atoms with Gasteiger partial charge in [0.15, 0.2) is 0 Å². The topological polar surface area (TPSA) is 29.5 Å². The molecule has 1 heterocycles. The van der Waals surface area contributed by atoms with Gasteiger partial charge in [-0.2, -0.15) is 0 Å². The number of esters is 1. The van der Waals surface area contributed by atoms with Crippen LogP contribution in [-0.4, -0.2) is 25.7 Å². The van der Waals surface area contributed by atoms with E-state index in [1.807, 2.05) is 24.3 Å². The molecule has 0 aliphatic carbocycles. The van der Waals surface area contributed by atoms with Gasteiger partial charge in [-0.25, -0.2) is 4.79 Å². The number of methoxy groups -OCH3 is 1. The van der Waals surface area contributed by atoms with Crippen molar-refractivity contribution in [3.05, 3.63) is 102 Å². The minimum atomic E-state index is -0.302. The molecule has 3 nitrogen and oxygen atoms in total. The predicted octanol–water partition coefficient (Wildman–Crippen LogP) is 5.06. The first-order valence-electron chi connectivity index (χ1n) is 9.70. The summed E-state index contributed by atoms with van der Waals surface area (Å²) < 4.78 is 4.82. The third kappa shape index (κ3) is 3.18. The number of hydrogen-bond donors (Lipinski definition) is 0. The van der Waals surface area contributed by atoms with E-state index in [9.17, 15) is 4.79 Å². The van der Waals surface area contributed by atoms with Crippen LogP contribution in [-0.2, 0) is 10.2 Å². The average Bonchev–Trinajstić information content (AvgIpc) is 3.13. The van der Waals surface area contributed by atoms with Gasteiger partial charge in [-0.3, -0.25) is 0 Å². The molecule has 28 heavy (non-hydrogen) atoms. The number of benzene rings is 3. The van der Waals surface area contributed by atoms with Gasteiger partial charge in [0.25, 0.3) is 0 Å². The molecule has 1 saturated heterocycles. The van der Waals surface area contributed by atoms with Crippen LogP contribution in [0.3, 0.4) is 0 Å². The van der Waals surface area contributed by atoms with E-state index >= 15 is 0 Å². The van der Waals surface area contributed by atoms with Crippen LogP contribution < -0.4 is 4.90 Å². The molecule has 3 aromatic rings. The number of ether oxygens (including phenoxy) is 1. The molecule has 1 atom stereocenters. The van der Waals surface area contributed by atoms with E-state index in [-0.39, 0.29) is 11.4 Å². The molecule has 3 aromatic carbocycles. The highest BCUT2D eigenvalue weighted by atomic mass is 16.5. The fourth-order valence-electron chi connectivity index (χ4n) is 4.48. The van der Waals surface area contributed by atoms with Gasteiger partial charge in [0.1, 0.15) is 0 Å². The number of nitrogens with zero attached hydrogens (tertiary/aromatic N) is 1. The van der Waals surface area contributed by atoms with Crippen LogP contribution in [0, 0.1) is 0 Å². The van der Waals surface area contributed by atoms with Crippen molar-refractivity contribution in [1.82, 2.24) is 0 Å². The van der Waals surface area contributed by atoms with Crippen molar-refractivity contribution >= 4 is 11.7 Å². The standard InChI is InChI=1S/C25H25NO2/c1-19-17-25(21-9-5-3-6-10-21,22-11-7-4-8-12-22)18-26(19)23-15-13-20(14-16-23)24(27)28-2/h3-16,19H,17-18H2,1-2H3. The first-order valence-corrected chi connectivity index (χ1v) is 9.70. The molecule has 0 spiro atoms. The van der Waals surface area contributed by atoms with Crippen LogP contribution >= 0.6 is 0 Å². The Morgan fingerprint density at radius 3 is 1.93 bits per heavy atom. The fraction of sp³-hybridized carbons (Fsp3) is 0.240. The van der Waals surface area contributed by atoms with E-state index in [1.54, 1.807) is 0 Å². The highest BCUT2D eigenvalue weighted by molar-refractivity contribution is 5.89. The van der Waals surface area contributed by atoms with Crippen molar-refractivity contribution in [3.8, 4) is 0 Å². The predicted molar refractivity (Wildman–Crippen MR) is 113 cm³/mol. The fourth-order valence-corrected chi connectivity index (χ4v) is 4.48. The summed E-state index contributed by atoms with van der Waals surface area (Å²) in [4.78, 5) is 14.2. The molecule has 1 aliphatic rings. The van der Waals surface area contributed by atoms with Crippen LogP contribution in [0.2, 0.25) is 0 Å². The Morgan fingerprint density at radius 1 is 0.893 bits per heavy atom. The zero-order valence-electron chi connectivity index (χ0n) is 16.3. The molecule has 0 radical (unpaired) electrons. The van der Waals surface area contributed by atoms with Crippen molar-refractivity contribution in [3.63, 3.8) is 0 Å². The molecule has 0 saturated carbocycles. The molecule has 3 heteroatoms. The van der Waals surface area contributed by atoms with Crippen LogP contribution in [0.5, 0.6) is 0 Å². The summed E-state index contributed by atoms with van der Waals surface area (Å²) in [5, 5.41) is 0. The third-order valence-corrected chi connectivity index (χ3v) is 5.89. The van der Waals surface area contributed by atoms with Gasteiger partial charge < -0.3 is 9.64 Å². The van der Waals surface area contributed by atoms with Crippen LogP contribution in [0.25, 0.3) is 0 Å². The molecule has 0 amide bonds. The van der Waals surface area contributed by atoms with Gasteiger partial charge in [-0.15, -0.1) is 0 Å². The lowest BCUT2D eigenvalue weighted by Crippen LogP contribution is -2.33. The number of carbonyl (C=O) groups excluding carboxylic acids is 1. The Morgan fingerprint density at radius 2 is 1.43 bits per heavy atom. The third-order valence-electron chi connectivity index (χ3n) is 5.89. The summed E-state index contributed by atoms with van der Waals surface area (Å²) >= 11 is 0. The second-order valence-electron chi connectivity index (χ2n) is 7.53. The van der Waals surface area contributed by atoms with Crippen LogP contribution in [0.1, 0.15) is 34.8 Å². The van der Waals surface area contributed by atoms with Crippen molar-refractivity contribution in [2.75, 3.05) is 18.6 Å². The second-order valence-corrected chi connectivity index (χ2v) is 7.53. The summed E-state index contributed by atoms with van der Waals surface area (Å²) in [5.74, 6) is -0.302. The summed E-state index contributed by atoms with van der Waals surface area (Å²) in [6.45, 7) is 3.18. The van der Waals surface area contributed by atoms with Gasteiger partial charge in [0.05, 0.1) is 12.7 Å². The molecular weight excluding hydrogens is 346 g/mol. The molecule has 0 bridgehead atoms. The zero-order chi connectivity index (χ0) is 19.6. The molecule has 4 rings (SSSR count). The molecule has 0 N–H and O–H groups in total. The van der Waals surface area contributed by atoms with E-state index in [1.165, 1.54) is 18.2 Å². The normalized spacial score (nSPS) is 18.1. The van der Waals surface area contributed by atoms with E-state index in [2.05, 4.69) is 72.5 Å². The summed E-state index contributed by atoms with van der Waals surface area (Å²) in [6.07, 6.45) is 1.04. The molecule has 142 valence electrons. The number of carbonyl (C=O) groups is 1. The van der Waals surface area contributed by atoms with Gasteiger partial charge in [-0.05, 0) is 48.7 Å². The molecule has 1 aliphatic heterocycles. The highest BCUT2D eigenvalue weighted by Gasteiger charge is 2.44. The number of rotatable bonds is 4. The Balaban J connectivity index is 1.72. The van der Waals surface area contributed by atoms with Crippen molar-refractivity contribution in [2.24, 2.45) is 0 Å². The SMILES string of the molecule is COC(=O)c1ccc(N2CC(c3ccccc3)(c3ccccc3)CC2C)cc1. The van der Waals surface area contributed by atoms with Crippen molar-refractivity contribution in [1.29, 1.82) is 0 Å². The second kappa shape index (κ2) is 7.51. The molecule has 0 aromatic heterocycles. The zero-order valence-corrected chi connectivity index (χ0v) is 16.3. The summed E-state index contributed by atoms with van der Waals surface area (Å²) in [6, 6.07) is 29.7. The summed E-state index contributed by atoms with van der Waals surface area (Å²) in [7, 11) is 1.41. The first-order chi connectivity index (χ1) is 13.6. The molecule has 1 fully saturated rings. The monoisotopic (exact) mass is 371 g/mol. The van der Waals surface area contributed by atoms with Gasteiger partial charge in [0, 0.05) is 23.7 Å². The Bertz CT molecular complexity index is 896. The lowest BCUT2D eigenvalue weighted by atomic mass is 9.73. The van der Waals surface area contributed by atoms with E-state index in [0.717, 1.165) is 18.7 Å². The largest absolute Gasteiger partial charge is 0.465 e. The highest BCUT2D eigenvalue weighted by Crippen LogP contribution is 2.45. The number of anilines is 1. The molecule has 1 unspecified atom stereocenters. The lowest BCUT2D eigenvalue weighted by molar-refractivity contribution is 0.0601. The maximum absolute atomic E-state index is 11.7. The maximum Gasteiger partial charge on any atom is 0.337 e. The maximum atomic E-state index is 11.7. The Kier molecular flexibility index (Phi) is 4.91. The minimum Gasteiger partial charge on any atom is -0.465 e. The van der Waals surface area contributed by atoms with Gasteiger partial charge >= 0.3 is 5.97 Å². The van der Waals surface area contributed by atoms with Crippen LogP contribution in [0.4, 0.5) is 5.69 Å².